The average Bonchev–Trinajstić information content (AvgIpc) is 3.34. The van der Waals surface area contributed by atoms with Crippen molar-refractivity contribution >= 4 is 17.3 Å². The van der Waals surface area contributed by atoms with Crippen molar-refractivity contribution in [2.24, 2.45) is 0 Å². The molecule has 3 aromatic rings. The Balaban J connectivity index is 0.000000360. The number of thiazole rings is 1. The lowest BCUT2D eigenvalue weighted by Crippen LogP contribution is -2.24. The van der Waals surface area contributed by atoms with Gasteiger partial charge in [-0.3, -0.25) is 0 Å². The van der Waals surface area contributed by atoms with E-state index in [0.717, 1.165) is 17.9 Å². The molecular formula is C20H21F4N5O2S. The summed E-state index contributed by atoms with van der Waals surface area (Å²) in [5.41, 5.74) is 2.96. The minimum atomic E-state index is -5.08. The summed E-state index contributed by atoms with van der Waals surface area (Å²) < 4.78 is 46.4. The van der Waals surface area contributed by atoms with E-state index in [1.54, 1.807) is 16.8 Å². The minimum Gasteiger partial charge on any atom is -0.475 e. The Morgan fingerprint density at radius 2 is 2.00 bits per heavy atom. The van der Waals surface area contributed by atoms with Crippen molar-refractivity contribution < 1.29 is 27.5 Å². The summed E-state index contributed by atoms with van der Waals surface area (Å²) in [5, 5.41) is 20.1. The molecule has 1 atom stereocenters. The molecule has 172 valence electrons. The topological polar surface area (TPSA) is 92.9 Å². The molecule has 1 aromatic carbocycles. The number of rotatable bonds is 5. The number of aliphatic carboxylic acids is 1. The number of benzene rings is 1. The van der Waals surface area contributed by atoms with Gasteiger partial charge in [-0.25, -0.2) is 18.9 Å². The lowest BCUT2D eigenvalue weighted by molar-refractivity contribution is -0.192. The molecule has 0 bridgehead atoms. The molecule has 0 spiro atoms. The van der Waals surface area contributed by atoms with Gasteiger partial charge >= 0.3 is 12.1 Å². The first-order chi connectivity index (χ1) is 15.1. The molecule has 0 aliphatic heterocycles. The SMILES string of the molecule is Cc1nc2c(s1)CCCC2CNCc1cn(-c2ccc(F)cc2)nn1.O=C(O)C(F)(F)F. The molecule has 32 heavy (non-hydrogen) atoms. The van der Waals surface area contributed by atoms with E-state index in [1.807, 2.05) is 17.5 Å². The van der Waals surface area contributed by atoms with Gasteiger partial charge in [0.1, 0.15) is 5.82 Å². The monoisotopic (exact) mass is 471 g/mol. The van der Waals surface area contributed by atoms with Crippen molar-refractivity contribution in [2.75, 3.05) is 6.54 Å². The fourth-order valence-corrected chi connectivity index (χ4v) is 4.37. The van der Waals surface area contributed by atoms with Crippen LogP contribution < -0.4 is 5.32 Å². The number of nitrogens with one attached hydrogen (secondary N) is 1. The zero-order chi connectivity index (χ0) is 23.3. The van der Waals surface area contributed by atoms with Gasteiger partial charge in [-0.05, 0) is 50.5 Å². The highest BCUT2D eigenvalue weighted by atomic mass is 32.1. The first-order valence-corrected chi connectivity index (χ1v) is 10.6. The number of hydrogen-bond donors (Lipinski definition) is 2. The van der Waals surface area contributed by atoms with Crippen molar-refractivity contribution in [1.82, 2.24) is 25.3 Å². The molecule has 1 unspecified atom stereocenters. The van der Waals surface area contributed by atoms with Crippen LogP contribution in [0.1, 0.15) is 40.0 Å². The Hall–Kier alpha value is -2.86. The fraction of sp³-hybridized carbons (Fsp3) is 0.400. The average molecular weight is 471 g/mol. The Labute approximate surface area is 185 Å². The van der Waals surface area contributed by atoms with Crippen molar-refractivity contribution in [3.8, 4) is 5.69 Å². The Bertz CT molecular complexity index is 1050. The quantitative estimate of drug-likeness (QED) is 0.546. The van der Waals surface area contributed by atoms with Crippen molar-refractivity contribution in [1.29, 1.82) is 0 Å². The molecule has 7 nitrogen and oxygen atoms in total. The van der Waals surface area contributed by atoms with Gasteiger partial charge in [-0.15, -0.1) is 16.4 Å². The predicted octanol–water partition coefficient (Wildman–Crippen LogP) is 4.01. The molecule has 2 heterocycles. The molecular weight excluding hydrogens is 450 g/mol. The summed E-state index contributed by atoms with van der Waals surface area (Å²) in [5.74, 6) is -2.52. The molecule has 2 N–H and O–H groups in total. The summed E-state index contributed by atoms with van der Waals surface area (Å²) in [7, 11) is 0. The number of nitrogens with zero attached hydrogens (tertiary/aromatic N) is 4. The van der Waals surface area contributed by atoms with E-state index in [2.05, 4.69) is 22.6 Å². The normalized spacial score (nSPS) is 15.6. The highest BCUT2D eigenvalue weighted by Crippen LogP contribution is 2.34. The number of halogens is 4. The molecule has 0 fully saturated rings. The lowest BCUT2D eigenvalue weighted by atomic mass is 9.91. The molecule has 12 heteroatoms. The minimum absolute atomic E-state index is 0.255. The summed E-state index contributed by atoms with van der Waals surface area (Å²) in [4.78, 5) is 15.1. The van der Waals surface area contributed by atoms with Crippen LogP contribution in [-0.2, 0) is 17.8 Å². The molecule has 0 amide bonds. The van der Waals surface area contributed by atoms with Crippen LogP contribution in [0.3, 0.4) is 0 Å². The third-order valence-corrected chi connectivity index (χ3v) is 5.80. The molecule has 1 aliphatic carbocycles. The first-order valence-electron chi connectivity index (χ1n) is 9.77. The van der Waals surface area contributed by atoms with Crippen molar-refractivity contribution in [2.45, 2.75) is 44.8 Å². The number of alkyl halides is 3. The number of carbonyl (C=O) groups is 1. The van der Waals surface area contributed by atoms with E-state index in [1.165, 1.54) is 47.0 Å². The number of fused-ring (bicyclic) bond motifs is 1. The third-order valence-electron chi connectivity index (χ3n) is 4.75. The maximum absolute atomic E-state index is 13.0. The Kier molecular flexibility index (Phi) is 7.56. The standard InChI is InChI=1S/C18H20FN5S.C2HF3O2/c1-12-21-18-13(3-2-4-17(18)25-12)9-20-10-15-11-24(23-22-15)16-7-5-14(19)6-8-16;3-2(4,5)1(6)7/h5-8,11,13,20H,2-4,9-10H2,1H3;(H,6,7). The highest BCUT2D eigenvalue weighted by molar-refractivity contribution is 7.11. The van der Waals surface area contributed by atoms with Gasteiger partial charge in [0, 0.05) is 23.9 Å². The van der Waals surface area contributed by atoms with Crippen LogP contribution >= 0.6 is 11.3 Å². The number of carboxylic acid groups (broad SMARTS) is 1. The van der Waals surface area contributed by atoms with Crippen LogP contribution in [-0.4, -0.2) is 43.8 Å². The maximum Gasteiger partial charge on any atom is 0.490 e. The third kappa shape index (κ3) is 6.33. The largest absolute Gasteiger partial charge is 0.490 e. The van der Waals surface area contributed by atoms with E-state index in [-0.39, 0.29) is 5.82 Å². The smallest absolute Gasteiger partial charge is 0.475 e. The summed E-state index contributed by atoms with van der Waals surface area (Å²) >= 11 is 1.83. The highest BCUT2D eigenvalue weighted by Gasteiger charge is 2.38. The number of aromatic nitrogens is 4. The molecule has 0 saturated carbocycles. The van der Waals surface area contributed by atoms with E-state index < -0.39 is 12.1 Å². The van der Waals surface area contributed by atoms with E-state index >= 15 is 0 Å². The molecule has 4 rings (SSSR count). The van der Waals surface area contributed by atoms with Gasteiger partial charge < -0.3 is 10.4 Å². The van der Waals surface area contributed by atoms with Crippen molar-refractivity contribution in [3.63, 3.8) is 0 Å². The molecule has 0 saturated heterocycles. The second-order valence-corrected chi connectivity index (χ2v) is 8.48. The van der Waals surface area contributed by atoms with Gasteiger partial charge in [0.05, 0.1) is 28.3 Å². The first kappa shape index (κ1) is 23.8. The summed E-state index contributed by atoms with van der Waals surface area (Å²) in [6, 6.07) is 6.22. The van der Waals surface area contributed by atoms with Crippen LogP contribution in [0, 0.1) is 12.7 Å². The molecule has 2 aromatic heterocycles. The Morgan fingerprint density at radius 1 is 1.31 bits per heavy atom. The fourth-order valence-electron chi connectivity index (χ4n) is 3.30. The number of carboxylic acids is 1. The zero-order valence-electron chi connectivity index (χ0n) is 17.1. The van der Waals surface area contributed by atoms with Gasteiger partial charge in [0.2, 0.25) is 0 Å². The Morgan fingerprint density at radius 3 is 2.66 bits per heavy atom. The van der Waals surface area contributed by atoms with Gasteiger partial charge in [0.25, 0.3) is 0 Å². The van der Waals surface area contributed by atoms with Crippen molar-refractivity contribution in [3.05, 3.63) is 57.6 Å². The van der Waals surface area contributed by atoms with E-state index in [4.69, 9.17) is 14.9 Å². The van der Waals surface area contributed by atoms with Gasteiger partial charge in [-0.1, -0.05) is 5.21 Å². The summed E-state index contributed by atoms with van der Waals surface area (Å²) in [6.45, 7) is 3.65. The molecule has 1 aliphatic rings. The second-order valence-electron chi connectivity index (χ2n) is 7.20. The van der Waals surface area contributed by atoms with Crippen LogP contribution in [0.15, 0.2) is 30.5 Å². The van der Waals surface area contributed by atoms with Crippen LogP contribution in [0.5, 0.6) is 0 Å². The lowest BCUT2D eigenvalue weighted by Gasteiger charge is -2.21. The number of hydrogen-bond acceptors (Lipinski definition) is 6. The van der Waals surface area contributed by atoms with E-state index in [0.29, 0.717) is 12.5 Å². The summed E-state index contributed by atoms with van der Waals surface area (Å²) in [6.07, 6.45) is 0.385. The zero-order valence-corrected chi connectivity index (χ0v) is 17.9. The second kappa shape index (κ2) is 10.2. The molecule has 0 radical (unpaired) electrons. The maximum atomic E-state index is 13.0. The van der Waals surface area contributed by atoms with Crippen LogP contribution in [0.4, 0.5) is 17.6 Å². The van der Waals surface area contributed by atoms with Gasteiger partial charge in [0.15, 0.2) is 0 Å². The van der Waals surface area contributed by atoms with E-state index in [9.17, 15) is 17.6 Å². The van der Waals surface area contributed by atoms with Crippen LogP contribution in [0.2, 0.25) is 0 Å². The van der Waals surface area contributed by atoms with Gasteiger partial charge in [-0.2, -0.15) is 13.2 Å². The van der Waals surface area contributed by atoms with Crippen LogP contribution in [0.25, 0.3) is 5.69 Å². The predicted molar refractivity (Wildman–Crippen MR) is 109 cm³/mol. The number of aryl methyl sites for hydroxylation is 2.